The Kier molecular flexibility index (Phi) is 8.44. The molecule has 2 N–H and O–H groups in total. The Morgan fingerprint density at radius 1 is 0.688 bits per heavy atom. The summed E-state index contributed by atoms with van der Waals surface area (Å²) in [4.78, 5) is 13.8. The molecule has 2 aromatic heterocycles. The largest absolute Gasteiger partial charge is 0.497 e. The van der Waals surface area contributed by atoms with Gasteiger partial charge in [0.15, 0.2) is 0 Å². The number of hydrogen-bond acceptors (Lipinski definition) is 8. The SMILES string of the molecule is COc1ccc2nccc([C@H](O)[C@H]3C[C@@H]4CCN3C[C@@H]4C#CC#C[C@H]3CN4CC[C@H]3C[C@@H]4[C@@H](O)c3ccnc4ccc(OC)cc34)c2c1. The number of ether oxygens (including phenoxy) is 2. The monoisotopic (exact) mass is 642 g/mol. The summed E-state index contributed by atoms with van der Waals surface area (Å²) in [5.41, 5.74) is 3.55. The lowest BCUT2D eigenvalue weighted by atomic mass is 9.73. The molecular formula is C40H42N4O4. The molecule has 6 fully saturated rings. The summed E-state index contributed by atoms with van der Waals surface area (Å²) < 4.78 is 10.9. The van der Waals surface area contributed by atoms with Crippen molar-refractivity contribution >= 4 is 21.8 Å². The van der Waals surface area contributed by atoms with E-state index in [1.54, 1.807) is 26.6 Å². The zero-order valence-electron chi connectivity index (χ0n) is 27.5. The maximum atomic E-state index is 11.6. The third-order valence-corrected chi connectivity index (χ3v) is 11.5. The topological polar surface area (TPSA) is 91.2 Å². The number of fused-ring (bicyclic) bond motifs is 8. The molecule has 8 nitrogen and oxygen atoms in total. The van der Waals surface area contributed by atoms with Gasteiger partial charge in [0.1, 0.15) is 11.5 Å². The summed E-state index contributed by atoms with van der Waals surface area (Å²) in [7, 11) is 3.32. The number of nitrogens with zero attached hydrogens (tertiary/aromatic N) is 4. The van der Waals surface area contributed by atoms with Crippen molar-refractivity contribution in [3.63, 3.8) is 0 Å². The third-order valence-electron chi connectivity index (χ3n) is 11.5. The minimum atomic E-state index is -0.599. The lowest BCUT2D eigenvalue weighted by molar-refractivity contribution is -0.0426. The van der Waals surface area contributed by atoms with E-state index in [2.05, 4.69) is 43.4 Å². The predicted octanol–water partition coefficient (Wildman–Crippen LogP) is 4.99. The van der Waals surface area contributed by atoms with Crippen molar-refractivity contribution in [2.75, 3.05) is 40.4 Å². The van der Waals surface area contributed by atoms with E-state index in [9.17, 15) is 10.2 Å². The smallest absolute Gasteiger partial charge is 0.119 e. The summed E-state index contributed by atoms with van der Waals surface area (Å²) in [6, 6.07) is 15.7. The standard InChI is InChI=1S/C40H42N4O4/c1-47-29-7-9-35-33(21-29)31(11-15-41-35)39(45)37-19-25-13-17-43(37)23-27(25)5-3-4-6-28-24-44-18-14-26(28)20-38(44)40(46)32-12-16-42-36-10-8-30(48-2)22-34(32)36/h7-12,15-16,21-22,25-28,37-40,45-46H,13-14,17-20,23-24H2,1-2H3/t25-,26-,27-,28-,37+,38+,39-,40-/m0/s1. The quantitative estimate of drug-likeness (QED) is 0.285. The Balaban J connectivity index is 0.917. The van der Waals surface area contributed by atoms with Crippen LogP contribution in [0.1, 0.15) is 49.0 Å². The van der Waals surface area contributed by atoms with Gasteiger partial charge in [-0.3, -0.25) is 19.8 Å². The molecule has 0 spiro atoms. The normalized spacial score (nSPS) is 30.2. The highest BCUT2D eigenvalue weighted by molar-refractivity contribution is 5.84. The van der Waals surface area contributed by atoms with E-state index in [0.29, 0.717) is 11.8 Å². The average molecular weight is 643 g/mol. The van der Waals surface area contributed by atoms with Crippen LogP contribution in [0.25, 0.3) is 21.8 Å². The Morgan fingerprint density at radius 2 is 1.15 bits per heavy atom. The molecule has 10 atom stereocenters. The van der Waals surface area contributed by atoms with E-state index in [1.165, 1.54) is 0 Å². The first kappa shape index (κ1) is 31.1. The highest BCUT2D eigenvalue weighted by Crippen LogP contribution is 2.43. The van der Waals surface area contributed by atoms with E-state index in [-0.39, 0.29) is 23.9 Å². The lowest BCUT2D eigenvalue weighted by Crippen LogP contribution is -2.55. The lowest BCUT2D eigenvalue weighted by Gasteiger charge is -2.50. The van der Waals surface area contributed by atoms with Crippen molar-refractivity contribution in [2.24, 2.45) is 23.7 Å². The molecule has 0 aliphatic carbocycles. The predicted molar refractivity (Wildman–Crippen MR) is 185 cm³/mol. The average Bonchev–Trinajstić information content (AvgIpc) is 3.15. The third kappa shape index (κ3) is 5.67. The molecule has 6 saturated heterocycles. The fraction of sp³-hybridized carbons (Fsp3) is 0.450. The minimum absolute atomic E-state index is 0.0620. The van der Waals surface area contributed by atoms with Gasteiger partial charge < -0.3 is 19.7 Å². The van der Waals surface area contributed by atoms with Gasteiger partial charge in [-0.25, -0.2) is 0 Å². The molecule has 8 heteroatoms. The Morgan fingerprint density at radius 3 is 1.54 bits per heavy atom. The summed E-state index contributed by atoms with van der Waals surface area (Å²) >= 11 is 0. The second-order valence-electron chi connectivity index (χ2n) is 13.9. The van der Waals surface area contributed by atoms with Crippen molar-refractivity contribution in [3.8, 4) is 35.2 Å². The molecule has 10 rings (SSSR count). The molecule has 6 aliphatic rings. The fourth-order valence-electron chi connectivity index (χ4n) is 8.86. The highest BCUT2D eigenvalue weighted by atomic mass is 16.5. The van der Waals surface area contributed by atoms with Gasteiger partial charge >= 0.3 is 0 Å². The van der Waals surface area contributed by atoms with E-state index in [1.807, 2.05) is 48.5 Å². The second-order valence-corrected chi connectivity index (χ2v) is 13.9. The van der Waals surface area contributed by atoms with Gasteiger partial charge in [0, 0.05) is 60.2 Å². The summed E-state index contributed by atoms with van der Waals surface area (Å²) in [6.07, 6.45) is 6.42. The van der Waals surface area contributed by atoms with E-state index in [0.717, 1.165) is 96.3 Å². The number of aliphatic hydroxyl groups excluding tert-OH is 2. The first-order valence-corrected chi connectivity index (χ1v) is 17.2. The van der Waals surface area contributed by atoms with Crippen LogP contribution in [-0.4, -0.2) is 82.5 Å². The minimum Gasteiger partial charge on any atom is -0.497 e. The first-order chi connectivity index (χ1) is 23.5. The second kappa shape index (κ2) is 13.0. The van der Waals surface area contributed by atoms with Gasteiger partial charge in [0.2, 0.25) is 0 Å². The Bertz CT molecular complexity index is 1820. The maximum absolute atomic E-state index is 11.6. The van der Waals surface area contributed by atoms with Crippen molar-refractivity contribution in [1.82, 2.24) is 19.8 Å². The highest BCUT2D eigenvalue weighted by Gasteiger charge is 2.44. The molecule has 0 amide bonds. The van der Waals surface area contributed by atoms with Crippen LogP contribution in [0.5, 0.6) is 11.5 Å². The first-order valence-electron chi connectivity index (χ1n) is 17.2. The van der Waals surface area contributed by atoms with Crippen molar-refractivity contribution < 1.29 is 19.7 Å². The Hall–Kier alpha value is -4.18. The number of rotatable bonds is 6. The van der Waals surface area contributed by atoms with Gasteiger partial charge in [-0.05, 0) is 122 Å². The molecule has 4 bridgehead atoms. The molecular weight excluding hydrogens is 600 g/mol. The van der Waals surface area contributed by atoms with E-state index >= 15 is 0 Å². The molecule has 2 unspecified atom stereocenters. The van der Waals surface area contributed by atoms with Crippen molar-refractivity contribution in [2.45, 2.75) is 50.0 Å². The number of hydrogen-bond donors (Lipinski definition) is 2. The summed E-state index contributed by atoms with van der Waals surface area (Å²) in [5, 5.41) is 25.1. The molecule has 4 aromatic rings. The number of methoxy groups -OCH3 is 2. The van der Waals surface area contributed by atoms with Crippen LogP contribution in [0.15, 0.2) is 60.9 Å². The summed E-state index contributed by atoms with van der Waals surface area (Å²) in [5.74, 6) is 16.5. The molecule has 8 heterocycles. The zero-order chi connectivity index (χ0) is 32.8. The van der Waals surface area contributed by atoms with E-state index < -0.39 is 12.2 Å². The molecule has 246 valence electrons. The molecule has 2 aromatic carbocycles. The van der Waals surface area contributed by atoms with E-state index in [4.69, 9.17) is 9.47 Å². The van der Waals surface area contributed by atoms with Gasteiger partial charge in [-0.1, -0.05) is 11.8 Å². The van der Waals surface area contributed by atoms with Gasteiger partial charge in [-0.15, -0.1) is 0 Å². The van der Waals surface area contributed by atoms with Crippen LogP contribution >= 0.6 is 0 Å². The van der Waals surface area contributed by atoms with Crippen molar-refractivity contribution in [1.29, 1.82) is 0 Å². The van der Waals surface area contributed by atoms with Gasteiger partial charge in [0.25, 0.3) is 0 Å². The Labute approximate surface area is 282 Å². The van der Waals surface area contributed by atoms with Crippen LogP contribution < -0.4 is 9.47 Å². The van der Waals surface area contributed by atoms with Gasteiger partial charge in [0.05, 0.1) is 37.5 Å². The van der Waals surface area contributed by atoms with Gasteiger partial charge in [-0.2, -0.15) is 0 Å². The van der Waals surface area contributed by atoms with Crippen molar-refractivity contribution in [3.05, 3.63) is 72.1 Å². The zero-order valence-corrected chi connectivity index (χ0v) is 27.5. The van der Waals surface area contributed by atoms with Crippen LogP contribution in [-0.2, 0) is 0 Å². The number of aromatic nitrogens is 2. The van der Waals surface area contributed by atoms with Crippen LogP contribution in [0.4, 0.5) is 0 Å². The number of pyridine rings is 2. The van der Waals surface area contributed by atoms with Crippen LogP contribution in [0.2, 0.25) is 0 Å². The van der Waals surface area contributed by atoms with Crippen LogP contribution in [0.3, 0.4) is 0 Å². The number of benzene rings is 2. The summed E-state index contributed by atoms with van der Waals surface area (Å²) in [6.45, 7) is 3.70. The molecule has 0 radical (unpaired) electrons. The maximum Gasteiger partial charge on any atom is 0.119 e. The molecule has 0 saturated carbocycles. The molecule has 48 heavy (non-hydrogen) atoms. The fourth-order valence-corrected chi connectivity index (χ4v) is 8.86. The number of aliphatic hydroxyl groups is 2. The van der Waals surface area contributed by atoms with Crippen LogP contribution in [0, 0.1) is 47.4 Å². The number of piperidine rings is 6. The molecule has 6 aliphatic heterocycles.